The topological polar surface area (TPSA) is 819 Å². The van der Waals surface area contributed by atoms with E-state index >= 15 is 0 Å². The number of amides is 16. The van der Waals surface area contributed by atoms with Crippen LogP contribution in [0.4, 0.5) is 0 Å². The minimum atomic E-state index is -2.18. The Labute approximate surface area is 803 Å². The molecular weight excluding hydrogens is 1870 g/mol. The van der Waals surface area contributed by atoms with Gasteiger partial charge in [-0.3, -0.25) is 101 Å². The SMILES string of the molecule is CSCC[C@H](NC(=O)[C@H](CC(=O)O)NC(=O)[C@H](CC(C)C)NC(=O)[C@H](CCSC)NC(=O)[C@@H]1CCCN1C(=O)[C@@H](NC(=O)[C@H](Cc1ccc(O)cc1)NC(=O)[C@H](CC(=O)O)NC(=O)[C@@H](NC(=O)[C@H](CO)NC(=O)[C@H](CCC(=O)O)NC(=O)[C@H](CC(=O)O)NC(=O)[C@H](CCCCN)NC(=O)[C@H](CO)NC(=O)[C@H](CCSC)NC(=O)[C@@H](N)CC(=O)O)C(C)C)C(C)C)C(=O)N[C@@H](CCCCN)C(=O)O. The van der Waals surface area contributed by atoms with Crippen molar-refractivity contribution in [2.24, 2.45) is 35.0 Å². The summed E-state index contributed by atoms with van der Waals surface area (Å²) in [6.07, 6.45) is -0.831. The van der Waals surface area contributed by atoms with Crippen molar-refractivity contribution in [2.75, 3.05) is 68.9 Å². The number of thioether (sulfide) groups is 3. The number of phenolic OH excluding ortho intramolecular Hbond substituents is 1. The van der Waals surface area contributed by atoms with Crippen molar-refractivity contribution in [1.29, 1.82) is 0 Å². The van der Waals surface area contributed by atoms with Gasteiger partial charge in [0.05, 0.1) is 44.9 Å². The minimum absolute atomic E-state index is 0.00599. The molecule has 770 valence electrons. The molecule has 1 aromatic carbocycles. The first-order valence-corrected chi connectivity index (χ1v) is 48.5. The number of aromatic hydroxyl groups is 1. The lowest BCUT2D eigenvalue weighted by molar-refractivity contribution is -0.144. The minimum Gasteiger partial charge on any atom is -0.508 e. The summed E-state index contributed by atoms with van der Waals surface area (Å²) in [6, 6.07) is -24.0. The van der Waals surface area contributed by atoms with Crippen LogP contribution in [0.15, 0.2) is 24.3 Å². The maximum absolute atomic E-state index is 15.0. The van der Waals surface area contributed by atoms with Crippen molar-refractivity contribution >= 4 is 166 Å². The number of carboxylic acids is 6. The van der Waals surface area contributed by atoms with Crippen molar-refractivity contribution in [3.63, 3.8) is 0 Å². The summed E-state index contributed by atoms with van der Waals surface area (Å²) in [5, 5.41) is 125. The molecule has 0 unspecified atom stereocenters. The Bertz CT molecular complexity index is 4270. The maximum atomic E-state index is 15.0. The zero-order valence-electron chi connectivity index (χ0n) is 77.9. The number of hydrogen-bond acceptors (Lipinski definition) is 31. The first kappa shape index (κ1) is 121. The van der Waals surface area contributed by atoms with Gasteiger partial charge in [0, 0.05) is 19.4 Å². The standard InChI is InChI=1S/C84H135N19O31S3/c1-41(2)33-53(74(123)97-56(37-64(113)114)76(125)91-50(25-31-136-8)71(120)93-52(84(133)134)16-11-13-28-86)94-72(121)51(26-32-137-9)92-81(130)60-17-14-29-103(60)83(132)67(43(5)6)102-78(127)54(34-44-18-20-45(106)21-19-44)95-77(126)57(38-65(115)116)98-82(131)66(42(3)4)101-80(129)59(40-105)100-70(119)48(22-23-61(107)108)90-75(124)55(36-63(111)112)96-69(118)47(15-10-12-27-85)89-79(128)58(39-104)99-73(122)49(24-30-135-7)88-68(117)46(87)35-62(109)110/h18-21,41-43,46-60,66-67,104-106H,10-17,22-40,85-87H2,1-9H3,(H,88,117)(H,89,128)(H,90,124)(H,91,125)(H,92,130)(H,93,120)(H,94,121)(H,95,126)(H,96,118)(H,97,123)(H,98,131)(H,99,122)(H,100,119)(H,101,129)(H,102,127)(H,107,108)(H,109,110)(H,111,112)(H,113,114)(H,115,116)(H,133,134)/t46-,47-,48-,49-,50-,51-,52-,53-,54-,55-,56-,57-,58-,59-,60-,66-,67-/m0/s1. The molecule has 16 amide bonds. The van der Waals surface area contributed by atoms with Crippen LogP contribution in [-0.2, 0) is 112 Å². The number of carbonyl (C=O) groups is 22. The number of hydrogen-bond donors (Lipinski definition) is 27. The number of unbranched alkanes of at least 4 members (excludes halogenated alkanes) is 2. The molecule has 137 heavy (non-hydrogen) atoms. The summed E-state index contributed by atoms with van der Waals surface area (Å²) >= 11 is 3.80. The Kier molecular flexibility index (Phi) is 56.3. The van der Waals surface area contributed by atoms with Gasteiger partial charge in [0.25, 0.3) is 0 Å². The third kappa shape index (κ3) is 44.9. The Morgan fingerprint density at radius 3 is 1.09 bits per heavy atom. The number of nitrogens with two attached hydrogens (primary N) is 3. The lowest BCUT2D eigenvalue weighted by Crippen LogP contribution is -2.62. The number of phenols is 1. The predicted molar refractivity (Wildman–Crippen MR) is 495 cm³/mol. The fourth-order valence-corrected chi connectivity index (χ4v) is 15.1. The molecule has 1 aliphatic heterocycles. The number of aliphatic hydroxyl groups excluding tert-OH is 2. The van der Waals surface area contributed by atoms with Gasteiger partial charge in [0.2, 0.25) is 94.5 Å². The van der Waals surface area contributed by atoms with Gasteiger partial charge in [-0.15, -0.1) is 0 Å². The molecule has 0 aliphatic carbocycles. The van der Waals surface area contributed by atoms with E-state index in [-0.39, 0.29) is 118 Å². The van der Waals surface area contributed by atoms with Gasteiger partial charge in [-0.05, 0) is 168 Å². The Morgan fingerprint density at radius 2 is 0.701 bits per heavy atom. The van der Waals surface area contributed by atoms with Crippen LogP contribution in [0.25, 0.3) is 0 Å². The zero-order chi connectivity index (χ0) is 104. The van der Waals surface area contributed by atoms with E-state index in [1.165, 1.54) is 87.2 Å². The quantitative estimate of drug-likeness (QED) is 0.0270. The molecule has 1 aromatic rings. The van der Waals surface area contributed by atoms with Crippen LogP contribution in [0.3, 0.4) is 0 Å². The van der Waals surface area contributed by atoms with E-state index in [2.05, 4.69) is 79.8 Å². The van der Waals surface area contributed by atoms with Crippen molar-refractivity contribution in [3.8, 4) is 5.75 Å². The van der Waals surface area contributed by atoms with Gasteiger partial charge in [0.1, 0.15) is 102 Å². The van der Waals surface area contributed by atoms with Gasteiger partial charge >= 0.3 is 35.8 Å². The summed E-state index contributed by atoms with van der Waals surface area (Å²) in [4.78, 5) is 300. The lowest BCUT2D eigenvalue weighted by atomic mass is 9.99. The number of likely N-dealkylation sites (tertiary alicyclic amines) is 1. The van der Waals surface area contributed by atoms with Gasteiger partial charge < -0.3 is 148 Å². The van der Waals surface area contributed by atoms with Crippen LogP contribution in [0, 0.1) is 17.8 Å². The molecule has 30 N–H and O–H groups in total. The molecule has 0 aromatic heterocycles. The van der Waals surface area contributed by atoms with Crippen molar-refractivity contribution in [3.05, 3.63) is 29.8 Å². The van der Waals surface area contributed by atoms with Crippen LogP contribution in [0.5, 0.6) is 5.75 Å². The van der Waals surface area contributed by atoms with E-state index in [0.29, 0.717) is 12.8 Å². The number of benzene rings is 1. The van der Waals surface area contributed by atoms with Crippen LogP contribution < -0.4 is 97.0 Å². The highest BCUT2D eigenvalue weighted by molar-refractivity contribution is 7.99. The van der Waals surface area contributed by atoms with Crippen molar-refractivity contribution in [2.45, 2.75) is 266 Å². The zero-order valence-corrected chi connectivity index (χ0v) is 80.3. The molecule has 1 saturated heterocycles. The first-order chi connectivity index (χ1) is 64.5. The van der Waals surface area contributed by atoms with E-state index in [0.717, 1.165) is 4.90 Å². The molecule has 0 bridgehead atoms. The molecular formula is C84H135N19O31S3. The second-order valence-corrected chi connectivity index (χ2v) is 36.4. The fourth-order valence-electron chi connectivity index (χ4n) is 13.7. The molecule has 1 heterocycles. The highest BCUT2D eigenvalue weighted by Gasteiger charge is 2.44. The molecule has 1 fully saturated rings. The number of aliphatic hydroxyl groups is 2. The number of aliphatic carboxylic acids is 6. The Morgan fingerprint density at radius 1 is 0.372 bits per heavy atom. The molecule has 0 radical (unpaired) electrons. The van der Waals surface area contributed by atoms with Gasteiger partial charge in [-0.1, -0.05) is 53.7 Å². The molecule has 1 aliphatic rings. The fraction of sp³-hybridized carbons (Fsp3) is 0.667. The molecule has 0 spiro atoms. The van der Waals surface area contributed by atoms with Crippen LogP contribution in [0.2, 0.25) is 0 Å². The predicted octanol–water partition coefficient (Wildman–Crippen LogP) is -6.77. The summed E-state index contributed by atoms with van der Waals surface area (Å²) in [5.41, 5.74) is 17.1. The maximum Gasteiger partial charge on any atom is 0.326 e. The second kappa shape index (κ2) is 63.6. The van der Waals surface area contributed by atoms with Gasteiger partial charge in [-0.25, -0.2) is 4.79 Å². The van der Waals surface area contributed by atoms with E-state index in [4.69, 9.17) is 22.3 Å². The summed E-state index contributed by atoms with van der Waals surface area (Å²) in [5.74, 6) is -29.5. The second-order valence-electron chi connectivity index (χ2n) is 33.5. The normalized spacial score (nSPS) is 15.8. The first-order valence-electron chi connectivity index (χ1n) is 44.3. The third-order valence-electron chi connectivity index (χ3n) is 21.2. The Balaban J connectivity index is 2.52. The molecule has 2 rings (SSSR count). The van der Waals surface area contributed by atoms with E-state index in [9.17, 15) is 146 Å². The van der Waals surface area contributed by atoms with Gasteiger partial charge in [-0.2, -0.15) is 35.3 Å². The Hall–Kier alpha value is -11.8. The summed E-state index contributed by atoms with van der Waals surface area (Å²) < 4.78 is 0. The summed E-state index contributed by atoms with van der Waals surface area (Å²) in [7, 11) is 0. The monoisotopic (exact) mass is 2000 g/mol. The highest BCUT2D eigenvalue weighted by Crippen LogP contribution is 2.23. The molecule has 0 saturated carbocycles. The third-order valence-corrected chi connectivity index (χ3v) is 23.1. The van der Waals surface area contributed by atoms with Crippen molar-refractivity contribution in [1.82, 2.24) is 84.7 Å². The summed E-state index contributed by atoms with van der Waals surface area (Å²) in [6.45, 7) is 6.89. The van der Waals surface area contributed by atoms with Crippen LogP contribution >= 0.6 is 35.3 Å². The van der Waals surface area contributed by atoms with E-state index in [1.54, 1.807) is 32.6 Å². The average molecular weight is 2000 g/mol. The largest absolute Gasteiger partial charge is 0.508 e. The lowest BCUT2D eigenvalue weighted by Gasteiger charge is -2.32. The average Bonchev–Trinajstić information content (AvgIpc) is 1.71. The van der Waals surface area contributed by atoms with Crippen molar-refractivity contribution < 1.29 is 151 Å². The van der Waals surface area contributed by atoms with Crippen LogP contribution in [-0.4, -0.2) is 353 Å². The number of rotatable bonds is 68. The molecule has 50 nitrogen and oxygen atoms in total. The van der Waals surface area contributed by atoms with E-state index in [1.807, 2.05) is 0 Å². The smallest absolute Gasteiger partial charge is 0.326 e. The number of nitrogens with one attached hydrogen (secondary N) is 15. The number of carboxylic acid groups (broad SMARTS) is 6. The number of nitrogens with zero attached hydrogens (tertiary/aromatic N) is 1. The number of carbonyl (C=O) groups excluding carboxylic acids is 16. The van der Waals surface area contributed by atoms with Crippen LogP contribution in [0.1, 0.15) is 163 Å². The van der Waals surface area contributed by atoms with Gasteiger partial charge in [0.15, 0.2) is 0 Å². The molecule has 53 heteroatoms. The van der Waals surface area contributed by atoms with E-state index < -0.39 is 303 Å². The highest BCUT2D eigenvalue weighted by atomic mass is 32.2. The molecule has 17 atom stereocenters.